The predicted octanol–water partition coefficient (Wildman–Crippen LogP) is 9.93. The molecule has 1 aliphatic rings. The number of nitrogens with one attached hydrogen (secondary N) is 1. The maximum atomic E-state index is 6.59. The Balaban J connectivity index is 1.32. The molecule has 0 unspecified atom stereocenters. The quantitative estimate of drug-likeness (QED) is 0.226. The molecule has 1 aliphatic heterocycles. The summed E-state index contributed by atoms with van der Waals surface area (Å²) < 4.78 is 8.93. The van der Waals surface area contributed by atoms with Gasteiger partial charge in [0.1, 0.15) is 5.58 Å². The number of furan rings is 1. The van der Waals surface area contributed by atoms with Gasteiger partial charge in [-0.15, -0.1) is 0 Å². The highest BCUT2D eigenvalue weighted by Gasteiger charge is 2.28. The summed E-state index contributed by atoms with van der Waals surface area (Å²) in [6.45, 7) is 0. The highest BCUT2D eigenvalue weighted by Crippen LogP contribution is 2.49. The van der Waals surface area contributed by atoms with Crippen LogP contribution in [0, 0.1) is 0 Å². The molecular formula is C39H23N5O. The molecular weight excluding hydrogens is 554 g/mol. The zero-order valence-electron chi connectivity index (χ0n) is 23.9. The molecule has 210 valence electrons. The molecule has 9 aromatic rings. The molecule has 6 aromatic carbocycles. The van der Waals surface area contributed by atoms with Gasteiger partial charge < -0.3 is 14.3 Å². The SMILES string of the molecule is c1ccc(-c2nc(-c3ccccc3)nc(-c3ccc4c5ccc6c7ccccc7oc6c5n5c4c3Nc3ccccc3-5)n2)cc1. The van der Waals surface area contributed by atoms with E-state index in [0.29, 0.717) is 17.5 Å². The third kappa shape index (κ3) is 3.48. The van der Waals surface area contributed by atoms with Crippen molar-refractivity contribution < 1.29 is 4.42 Å². The minimum absolute atomic E-state index is 0.608. The molecule has 0 radical (unpaired) electrons. The molecule has 0 atom stereocenters. The predicted molar refractivity (Wildman–Crippen MR) is 181 cm³/mol. The monoisotopic (exact) mass is 577 g/mol. The van der Waals surface area contributed by atoms with E-state index in [9.17, 15) is 0 Å². The lowest BCUT2D eigenvalue weighted by Gasteiger charge is -2.24. The first-order chi connectivity index (χ1) is 22.3. The minimum Gasteiger partial charge on any atom is -0.454 e. The van der Waals surface area contributed by atoms with Crippen LogP contribution >= 0.6 is 0 Å². The van der Waals surface area contributed by atoms with E-state index in [1.54, 1.807) is 0 Å². The van der Waals surface area contributed by atoms with Gasteiger partial charge in [-0.05, 0) is 30.3 Å². The van der Waals surface area contributed by atoms with Gasteiger partial charge in [0.15, 0.2) is 23.1 Å². The topological polar surface area (TPSA) is 68.8 Å². The Kier molecular flexibility index (Phi) is 4.90. The zero-order valence-corrected chi connectivity index (χ0v) is 23.9. The van der Waals surface area contributed by atoms with Crippen LogP contribution in [0.15, 0.2) is 138 Å². The molecule has 0 aliphatic carbocycles. The highest BCUT2D eigenvalue weighted by atomic mass is 16.3. The molecule has 6 heteroatoms. The van der Waals surface area contributed by atoms with Crippen molar-refractivity contribution >= 4 is 55.1 Å². The van der Waals surface area contributed by atoms with E-state index in [1.165, 1.54) is 0 Å². The normalized spacial score (nSPS) is 12.2. The fraction of sp³-hybridized carbons (Fsp3) is 0. The average molecular weight is 578 g/mol. The van der Waals surface area contributed by atoms with Gasteiger partial charge in [-0.3, -0.25) is 0 Å². The number of anilines is 2. The molecule has 6 nitrogen and oxygen atoms in total. The van der Waals surface area contributed by atoms with Crippen molar-refractivity contribution in [2.24, 2.45) is 0 Å². The van der Waals surface area contributed by atoms with E-state index in [-0.39, 0.29) is 0 Å². The molecule has 0 fully saturated rings. The van der Waals surface area contributed by atoms with Crippen LogP contribution in [0.4, 0.5) is 11.4 Å². The molecule has 0 spiro atoms. The molecule has 3 aromatic heterocycles. The molecule has 0 saturated carbocycles. The Morgan fingerprint density at radius 1 is 0.489 bits per heavy atom. The zero-order chi connectivity index (χ0) is 29.5. The number of hydrogen-bond donors (Lipinski definition) is 1. The molecule has 1 N–H and O–H groups in total. The van der Waals surface area contributed by atoms with Crippen LogP contribution < -0.4 is 5.32 Å². The van der Waals surface area contributed by atoms with Gasteiger partial charge in [0, 0.05) is 38.2 Å². The second-order valence-electron chi connectivity index (χ2n) is 11.3. The van der Waals surface area contributed by atoms with Crippen LogP contribution in [0.5, 0.6) is 0 Å². The third-order valence-electron chi connectivity index (χ3n) is 8.78. The number of nitrogens with zero attached hydrogens (tertiary/aromatic N) is 4. The molecule has 0 saturated heterocycles. The molecule has 0 bridgehead atoms. The Labute approximate surface area is 257 Å². The van der Waals surface area contributed by atoms with E-state index in [2.05, 4.69) is 70.5 Å². The maximum Gasteiger partial charge on any atom is 0.166 e. The number of aromatic nitrogens is 4. The first kappa shape index (κ1) is 24.2. The second-order valence-corrected chi connectivity index (χ2v) is 11.3. The Morgan fingerprint density at radius 3 is 1.87 bits per heavy atom. The fourth-order valence-corrected chi connectivity index (χ4v) is 6.76. The van der Waals surface area contributed by atoms with E-state index >= 15 is 0 Å². The summed E-state index contributed by atoms with van der Waals surface area (Å²) in [5, 5.41) is 8.26. The van der Waals surface area contributed by atoms with Gasteiger partial charge in [0.25, 0.3) is 0 Å². The highest BCUT2D eigenvalue weighted by molar-refractivity contribution is 6.25. The van der Waals surface area contributed by atoms with E-state index in [4.69, 9.17) is 19.4 Å². The van der Waals surface area contributed by atoms with Crippen molar-refractivity contribution in [2.45, 2.75) is 0 Å². The Bertz CT molecular complexity index is 2560. The van der Waals surface area contributed by atoms with Crippen LogP contribution in [0.2, 0.25) is 0 Å². The van der Waals surface area contributed by atoms with Gasteiger partial charge >= 0.3 is 0 Å². The standard InChI is InChI=1S/C39H23N5O/c1-3-11-23(12-4-1)37-41-38(24-13-5-2-6-14-24)43-39(42-37)29-22-20-26-27-19-21-28-25-15-7-10-18-32(25)45-36(28)35(27)44-31-17-9-8-16-30(31)40-33(29)34(26)44/h1-22,40H. The van der Waals surface area contributed by atoms with Gasteiger partial charge in [0.05, 0.1) is 28.1 Å². The first-order valence-corrected chi connectivity index (χ1v) is 15.0. The number of para-hydroxylation sites is 3. The van der Waals surface area contributed by atoms with Crippen molar-refractivity contribution in [3.8, 4) is 39.9 Å². The van der Waals surface area contributed by atoms with Gasteiger partial charge in [-0.25, -0.2) is 15.0 Å². The number of benzene rings is 6. The van der Waals surface area contributed by atoms with E-state index in [0.717, 1.165) is 77.5 Å². The summed E-state index contributed by atoms with van der Waals surface area (Å²) in [5.74, 6) is 1.87. The lowest BCUT2D eigenvalue weighted by molar-refractivity contribution is 0.671. The second kappa shape index (κ2) is 9.11. The van der Waals surface area contributed by atoms with Gasteiger partial charge in [-0.2, -0.15) is 0 Å². The molecule has 0 amide bonds. The summed E-state index contributed by atoms with van der Waals surface area (Å²) >= 11 is 0. The van der Waals surface area contributed by atoms with Crippen LogP contribution in [0.25, 0.3) is 83.6 Å². The van der Waals surface area contributed by atoms with Crippen LogP contribution in [0.3, 0.4) is 0 Å². The van der Waals surface area contributed by atoms with Crippen LogP contribution in [0.1, 0.15) is 0 Å². The van der Waals surface area contributed by atoms with E-state index in [1.807, 2.05) is 72.8 Å². The summed E-state index contributed by atoms with van der Waals surface area (Å²) in [5.41, 5.74) is 9.69. The van der Waals surface area contributed by atoms with Crippen molar-refractivity contribution in [3.63, 3.8) is 0 Å². The lowest BCUT2D eigenvalue weighted by Crippen LogP contribution is -2.09. The third-order valence-corrected chi connectivity index (χ3v) is 8.78. The van der Waals surface area contributed by atoms with Crippen molar-refractivity contribution in [3.05, 3.63) is 133 Å². The summed E-state index contributed by atoms with van der Waals surface area (Å²) in [6, 6.07) is 45.5. The molecule has 45 heavy (non-hydrogen) atoms. The summed E-state index contributed by atoms with van der Waals surface area (Å²) in [4.78, 5) is 15.0. The number of rotatable bonds is 3. The molecule has 4 heterocycles. The van der Waals surface area contributed by atoms with Gasteiger partial charge in [0.2, 0.25) is 0 Å². The lowest BCUT2D eigenvalue weighted by atomic mass is 10.0. The fourth-order valence-electron chi connectivity index (χ4n) is 6.76. The van der Waals surface area contributed by atoms with Gasteiger partial charge in [-0.1, -0.05) is 103 Å². The Hall–Kier alpha value is -6.27. The van der Waals surface area contributed by atoms with Crippen LogP contribution in [-0.4, -0.2) is 19.5 Å². The van der Waals surface area contributed by atoms with E-state index < -0.39 is 0 Å². The average Bonchev–Trinajstić information content (AvgIpc) is 3.66. The number of fused-ring (bicyclic) bond motifs is 9. The van der Waals surface area contributed by atoms with Crippen molar-refractivity contribution in [1.82, 2.24) is 19.5 Å². The minimum atomic E-state index is 0.608. The largest absolute Gasteiger partial charge is 0.454 e. The Morgan fingerprint density at radius 2 is 1.09 bits per heavy atom. The van der Waals surface area contributed by atoms with Crippen molar-refractivity contribution in [2.75, 3.05) is 5.32 Å². The smallest absolute Gasteiger partial charge is 0.166 e. The van der Waals surface area contributed by atoms with Crippen LogP contribution in [-0.2, 0) is 0 Å². The first-order valence-electron chi connectivity index (χ1n) is 15.0. The maximum absolute atomic E-state index is 6.59. The number of hydrogen-bond acceptors (Lipinski definition) is 5. The summed E-state index contributed by atoms with van der Waals surface area (Å²) in [6.07, 6.45) is 0. The summed E-state index contributed by atoms with van der Waals surface area (Å²) in [7, 11) is 0. The van der Waals surface area contributed by atoms with Crippen molar-refractivity contribution in [1.29, 1.82) is 0 Å². The molecule has 10 rings (SSSR count).